The monoisotopic (exact) mass is 503 g/mol. The molecule has 2 aliphatic rings. The molecule has 1 saturated heterocycles. The van der Waals surface area contributed by atoms with Crippen LogP contribution in [0.15, 0.2) is 54.6 Å². The Morgan fingerprint density at radius 3 is 2.32 bits per heavy atom. The third-order valence-electron chi connectivity index (χ3n) is 5.83. The summed E-state index contributed by atoms with van der Waals surface area (Å²) >= 11 is 12.7. The van der Waals surface area contributed by atoms with Gasteiger partial charge in [0.2, 0.25) is 0 Å². The van der Waals surface area contributed by atoms with Gasteiger partial charge in [-0.15, -0.1) is 0 Å². The van der Waals surface area contributed by atoms with Gasteiger partial charge < -0.3 is 23.8 Å². The topological polar surface area (TPSA) is 57.2 Å². The molecular formula is C25H20Cl2FNO5. The zero-order chi connectivity index (χ0) is 23.9. The van der Waals surface area contributed by atoms with Crippen molar-refractivity contribution < 1.29 is 28.1 Å². The van der Waals surface area contributed by atoms with Gasteiger partial charge in [-0.25, -0.2) is 4.39 Å². The number of benzene rings is 3. The van der Waals surface area contributed by atoms with Gasteiger partial charge in [0.05, 0.1) is 36.5 Å². The summed E-state index contributed by atoms with van der Waals surface area (Å²) in [6, 6.07) is 14.5. The minimum absolute atomic E-state index is 0.100. The number of methoxy groups -OCH3 is 1. The Kier molecular flexibility index (Phi) is 6.02. The van der Waals surface area contributed by atoms with Crippen LogP contribution in [0.4, 0.5) is 4.39 Å². The van der Waals surface area contributed by atoms with Crippen LogP contribution in [0.1, 0.15) is 21.5 Å². The largest absolute Gasteiger partial charge is 0.497 e. The first-order chi connectivity index (χ1) is 16.4. The molecule has 0 radical (unpaired) electrons. The number of morpholine rings is 1. The summed E-state index contributed by atoms with van der Waals surface area (Å²) in [5.41, 5.74) is 0.966. The molecular weight excluding hydrogens is 484 g/mol. The highest BCUT2D eigenvalue weighted by atomic mass is 35.5. The molecule has 1 fully saturated rings. The molecule has 2 aliphatic heterocycles. The summed E-state index contributed by atoms with van der Waals surface area (Å²) in [6.45, 7) is 1.60. The number of ether oxygens (including phenoxy) is 4. The lowest BCUT2D eigenvalue weighted by molar-refractivity contribution is -0.0458. The molecule has 9 heteroatoms. The van der Waals surface area contributed by atoms with Gasteiger partial charge in [-0.05, 0) is 48.5 Å². The molecule has 3 aromatic rings. The Bertz CT molecular complexity index is 1250. The maximum atomic E-state index is 15.1. The molecule has 34 heavy (non-hydrogen) atoms. The van der Waals surface area contributed by atoms with E-state index in [-0.39, 0.29) is 17.1 Å². The zero-order valence-electron chi connectivity index (χ0n) is 18.1. The average Bonchev–Trinajstić information content (AvgIpc) is 3.22. The van der Waals surface area contributed by atoms with Crippen molar-refractivity contribution in [3.63, 3.8) is 0 Å². The molecule has 0 N–H and O–H groups in total. The molecule has 1 unspecified atom stereocenters. The van der Waals surface area contributed by atoms with E-state index in [1.165, 1.54) is 6.07 Å². The van der Waals surface area contributed by atoms with Crippen LogP contribution in [0.2, 0.25) is 10.0 Å². The summed E-state index contributed by atoms with van der Waals surface area (Å²) in [5, 5.41) is 0.750. The van der Waals surface area contributed by atoms with E-state index < -0.39 is 17.5 Å². The number of halogens is 3. The Balaban J connectivity index is 1.59. The molecule has 5 rings (SSSR count). The minimum Gasteiger partial charge on any atom is -0.497 e. The fraction of sp³-hybridized carbons (Fsp3) is 0.240. The molecule has 0 aliphatic carbocycles. The maximum Gasteiger partial charge on any atom is 0.307 e. The number of rotatable bonds is 4. The molecule has 2 heterocycles. The molecule has 0 aromatic heterocycles. The molecule has 0 spiro atoms. The van der Waals surface area contributed by atoms with Crippen LogP contribution >= 0.6 is 23.2 Å². The second kappa shape index (κ2) is 8.98. The first kappa shape index (κ1) is 22.8. The third kappa shape index (κ3) is 3.94. The Morgan fingerprint density at radius 1 is 1.00 bits per heavy atom. The molecule has 6 nitrogen and oxygen atoms in total. The second-order valence-electron chi connectivity index (χ2n) is 7.86. The van der Waals surface area contributed by atoms with Crippen LogP contribution in [-0.2, 0) is 10.5 Å². The third-order valence-corrected chi connectivity index (χ3v) is 6.37. The zero-order valence-corrected chi connectivity index (χ0v) is 19.7. The Hall–Kier alpha value is -3.00. The fourth-order valence-electron chi connectivity index (χ4n) is 4.08. The first-order valence-electron chi connectivity index (χ1n) is 10.6. The smallest absolute Gasteiger partial charge is 0.307 e. The Morgan fingerprint density at radius 2 is 1.68 bits per heavy atom. The van der Waals surface area contributed by atoms with Crippen molar-refractivity contribution in [2.45, 2.75) is 5.79 Å². The highest BCUT2D eigenvalue weighted by Gasteiger charge is 2.47. The lowest BCUT2D eigenvalue weighted by Crippen LogP contribution is -2.41. The number of carbonyl (C=O) groups is 1. The minimum atomic E-state index is -1.52. The van der Waals surface area contributed by atoms with Crippen molar-refractivity contribution in [3.8, 4) is 17.2 Å². The number of carbonyl (C=O) groups excluding carboxylic acids is 1. The molecule has 0 saturated carbocycles. The standard InChI is InChI=1S/C25H20Cl2FNO5/c1-31-17-5-2-15(3-6-17)25(19-7-4-16(26)12-20(19)27)33-22-13-18(21(28)14-23(22)34-25)24(30)29-8-10-32-11-9-29/h2-7,12-14H,8-11H2,1H3. The summed E-state index contributed by atoms with van der Waals surface area (Å²) < 4.78 is 38.2. The van der Waals surface area contributed by atoms with Crippen LogP contribution in [0.3, 0.4) is 0 Å². The van der Waals surface area contributed by atoms with Gasteiger partial charge in [-0.1, -0.05) is 23.2 Å². The summed E-state index contributed by atoms with van der Waals surface area (Å²) in [5.74, 6) is -1.65. The van der Waals surface area contributed by atoms with Crippen molar-refractivity contribution in [1.82, 2.24) is 4.90 Å². The van der Waals surface area contributed by atoms with Crippen molar-refractivity contribution in [3.05, 3.63) is 87.2 Å². The molecule has 1 amide bonds. The van der Waals surface area contributed by atoms with Crippen molar-refractivity contribution in [2.24, 2.45) is 0 Å². The van der Waals surface area contributed by atoms with Gasteiger partial charge >= 0.3 is 5.79 Å². The fourth-order valence-corrected chi connectivity index (χ4v) is 4.61. The summed E-state index contributed by atoms with van der Waals surface area (Å²) in [6.07, 6.45) is 0. The van der Waals surface area contributed by atoms with Gasteiger partial charge in [0, 0.05) is 29.7 Å². The highest BCUT2D eigenvalue weighted by Crippen LogP contribution is 2.50. The van der Waals surface area contributed by atoms with Crippen LogP contribution in [0, 0.1) is 5.82 Å². The van der Waals surface area contributed by atoms with E-state index in [1.54, 1.807) is 54.5 Å². The molecule has 0 bridgehead atoms. The van der Waals surface area contributed by atoms with Crippen LogP contribution in [0.25, 0.3) is 0 Å². The van der Waals surface area contributed by atoms with Gasteiger partial charge in [0.1, 0.15) is 11.6 Å². The lowest BCUT2D eigenvalue weighted by Gasteiger charge is -2.29. The normalized spacial score (nSPS) is 19.2. The van der Waals surface area contributed by atoms with Gasteiger partial charge in [-0.3, -0.25) is 4.79 Å². The number of nitrogens with zero attached hydrogens (tertiary/aromatic N) is 1. The van der Waals surface area contributed by atoms with Crippen molar-refractivity contribution in [2.75, 3.05) is 33.4 Å². The summed E-state index contributed by atoms with van der Waals surface area (Å²) in [4.78, 5) is 14.5. The van der Waals surface area contributed by atoms with Gasteiger partial charge in [-0.2, -0.15) is 0 Å². The quantitative estimate of drug-likeness (QED) is 0.484. The van der Waals surface area contributed by atoms with E-state index >= 15 is 4.39 Å². The highest BCUT2D eigenvalue weighted by molar-refractivity contribution is 6.35. The maximum absolute atomic E-state index is 15.1. The van der Waals surface area contributed by atoms with Gasteiger partial charge in [0.25, 0.3) is 5.91 Å². The SMILES string of the molecule is COc1ccc(C2(c3ccc(Cl)cc3Cl)Oc3cc(F)c(C(=O)N4CCOCC4)cc3O2)cc1. The molecule has 3 aromatic carbocycles. The van der Waals surface area contributed by atoms with E-state index in [0.29, 0.717) is 53.2 Å². The average molecular weight is 504 g/mol. The second-order valence-corrected chi connectivity index (χ2v) is 8.70. The van der Waals surface area contributed by atoms with Crippen LogP contribution in [-0.4, -0.2) is 44.2 Å². The predicted molar refractivity (Wildman–Crippen MR) is 125 cm³/mol. The van der Waals surface area contributed by atoms with Crippen LogP contribution in [0.5, 0.6) is 17.2 Å². The Labute approximate surface area is 205 Å². The van der Waals surface area contributed by atoms with Crippen LogP contribution < -0.4 is 14.2 Å². The molecule has 1 atom stereocenters. The predicted octanol–water partition coefficient (Wildman–Crippen LogP) is 5.29. The number of hydrogen-bond acceptors (Lipinski definition) is 5. The lowest BCUT2D eigenvalue weighted by atomic mass is 9.97. The summed E-state index contributed by atoms with van der Waals surface area (Å²) in [7, 11) is 1.56. The number of hydrogen-bond donors (Lipinski definition) is 0. The van der Waals surface area contributed by atoms with E-state index in [0.717, 1.165) is 6.07 Å². The number of fused-ring (bicyclic) bond motifs is 1. The van der Waals surface area contributed by atoms with Crippen molar-refractivity contribution in [1.29, 1.82) is 0 Å². The molecule has 176 valence electrons. The van der Waals surface area contributed by atoms with Crippen molar-refractivity contribution >= 4 is 29.1 Å². The van der Waals surface area contributed by atoms with E-state index in [4.69, 9.17) is 42.1 Å². The van der Waals surface area contributed by atoms with E-state index in [1.807, 2.05) is 0 Å². The van der Waals surface area contributed by atoms with E-state index in [2.05, 4.69) is 0 Å². The van der Waals surface area contributed by atoms with Gasteiger partial charge in [0.15, 0.2) is 11.5 Å². The van der Waals surface area contributed by atoms with E-state index in [9.17, 15) is 4.79 Å². The first-order valence-corrected chi connectivity index (χ1v) is 11.4. The number of amides is 1.